The third-order valence-corrected chi connectivity index (χ3v) is 5.62. The smallest absolute Gasteiger partial charge is 0.228 e. The van der Waals surface area contributed by atoms with Crippen molar-refractivity contribution in [3.63, 3.8) is 0 Å². The summed E-state index contributed by atoms with van der Waals surface area (Å²) in [6.07, 6.45) is 9.36. The predicted octanol–water partition coefficient (Wildman–Crippen LogP) is 2.15. The molecule has 1 aliphatic heterocycles. The third-order valence-electron chi connectivity index (χ3n) is 5.62. The molecule has 4 rings (SSSR count). The number of amides is 1. The van der Waals surface area contributed by atoms with Crippen LogP contribution < -0.4 is 5.32 Å². The lowest BCUT2D eigenvalue weighted by molar-refractivity contribution is -0.127. The maximum atomic E-state index is 12.7. The number of carbonyl (C=O) groups is 1. The largest absolute Gasteiger partial charge is 0.508 e. The van der Waals surface area contributed by atoms with Gasteiger partial charge in [0.25, 0.3) is 0 Å². The predicted molar refractivity (Wildman–Crippen MR) is 98.4 cm³/mol. The molecule has 2 aromatic rings. The number of phenols is 1. The van der Waals surface area contributed by atoms with Crippen LogP contribution in [-0.4, -0.2) is 44.6 Å². The normalized spacial score (nSPS) is 20.0. The Kier molecular flexibility index (Phi) is 4.68. The Morgan fingerprint density at radius 2 is 2.12 bits per heavy atom. The average Bonchev–Trinajstić information content (AvgIpc) is 3.23. The van der Waals surface area contributed by atoms with Gasteiger partial charge in [0.05, 0.1) is 11.7 Å². The van der Waals surface area contributed by atoms with Crippen molar-refractivity contribution in [1.29, 1.82) is 0 Å². The molecule has 1 aromatic carbocycles. The number of nitrogens with zero attached hydrogens (tertiary/aromatic N) is 3. The Hall–Kier alpha value is -2.34. The van der Waals surface area contributed by atoms with Gasteiger partial charge >= 0.3 is 0 Å². The topological polar surface area (TPSA) is 70.4 Å². The number of rotatable bonds is 6. The zero-order chi connectivity index (χ0) is 18.0. The number of imidazole rings is 1. The summed E-state index contributed by atoms with van der Waals surface area (Å²) in [6, 6.07) is 7.71. The second-order valence-corrected chi connectivity index (χ2v) is 7.71. The zero-order valence-corrected chi connectivity index (χ0v) is 15.0. The summed E-state index contributed by atoms with van der Waals surface area (Å²) in [4.78, 5) is 19.2. The van der Waals surface area contributed by atoms with Crippen LogP contribution in [0.4, 0.5) is 0 Å². The summed E-state index contributed by atoms with van der Waals surface area (Å²) < 4.78 is 2.00. The van der Waals surface area contributed by atoms with E-state index in [0.717, 1.165) is 57.4 Å². The van der Waals surface area contributed by atoms with Crippen molar-refractivity contribution in [3.8, 4) is 5.75 Å². The second kappa shape index (κ2) is 7.11. The zero-order valence-electron chi connectivity index (χ0n) is 15.0. The van der Waals surface area contributed by atoms with Crippen molar-refractivity contribution in [2.24, 2.45) is 5.41 Å². The van der Waals surface area contributed by atoms with Crippen LogP contribution in [0.25, 0.3) is 0 Å². The van der Waals surface area contributed by atoms with Crippen molar-refractivity contribution in [1.82, 2.24) is 19.8 Å². The van der Waals surface area contributed by atoms with Crippen LogP contribution in [-0.2, 0) is 17.9 Å². The lowest BCUT2D eigenvalue weighted by Gasteiger charge is -2.33. The molecule has 6 nitrogen and oxygen atoms in total. The number of carbonyl (C=O) groups excluding carboxylic acids is 1. The van der Waals surface area contributed by atoms with E-state index in [4.69, 9.17) is 0 Å². The highest BCUT2D eigenvalue weighted by atomic mass is 16.3. The molecule has 2 fully saturated rings. The summed E-state index contributed by atoms with van der Waals surface area (Å²) in [5.74, 6) is 0.523. The molecule has 6 heteroatoms. The Labute approximate surface area is 153 Å². The van der Waals surface area contributed by atoms with Crippen molar-refractivity contribution >= 4 is 5.91 Å². The number of hydrogen-bond acceptors (Lipinski definition) is 4. The van der Waals surface area contributed by atoms with Gasteiger partial charge in [0.1, 0.15) is 5.75 Å². The van der Waals surface area contributed by atoms with E-state index in [1.807, 2.05) is 29.0 Å². The van der Waals surface area contributed by atoms with E-state index in [-0.39, 0.29) is 17.4 Å². The number of hydrogen-bond donors (Lipinski definition) is 2. The molecule has 0 atom stereocenters. The van der Waals surface area contributed by atoms with Crippen molar-refractivity contribution in [3.05, 3.63) is 48.5 Å². The maximum absolute atomic E-state index is 12.7. The van der Waals surface area contributed by atoms with Crippen LogP contribution in [0.15, 0.2) is 43.0 Å². The first-order chi connectivity index (χ1) is 12.6. The molecule has 2 heterocycles. The van der Waals surface area contributed by atoms with Crippen LogP contribution in [0, 0.1) is 5.41 Å². The fraction of sp³-hybridized carbons (Fsp3) is 0.500. The lowest BCUT2D eigenvalue weighted by atomic mass is 10.0. The number of aromatic hydroxyl groups is 1. The quantitative estimate of drug-likeness (QED) is 0.834. The molecule has 0 radical (unpaired) electrons. The maximum Gasteiger partial charge on any atom is 0.228 e. The highest BCUT2D eigenvalue weighted by molar-refractivity contribution is 5.85. The molecule has 0 spiro atoms. The van der Waals surface area contributed by atoms with Gasteiger partial charge in [0.2, 0.25) is 5.91 Å². The Morgan fingerprint density at radius 3 is 2.77 bits per heavy atom. The van der Waals surface area contributed by atoms with Gasteiger partial charge in [-0.2, -0.15) is 0 Å². The van der Waals surface area contributed by atoms with E-state index < -0.39 is 0 Å². The number of likely N-dealkylation sites (tertiary alicyclic amines) is 1. The molecule has 0 bridgehead atoms. The first-order valence-electron chi connectivity index (χ1n) is 9.40. The molecule has 1 aliphatic carbocycles. The molecule has 1 aromatic heterocycles. The number of aromatic nitrogens is 2. The van der Waals surface area contributed by atoms with Crippen LogP contribution in [0.2, 0.25) is 0 Å². The van der Waals surface area contributed by atoms with Gasteiger partial charge < -0.3 is 15.0 Å². The van der Waals surface area contributed by atoms with E-state index in [1.165, 1.54) is 0 Å². The number of phenolic OH excluding ortho intramolecular Hbond substituents is 1. The van der Waals surface area contributed by atoms with Gasteiger partial charge in [-0.1, -0.05) is 12.1 Å². The molecule has 138 valence electrons. The molecule has 0 unspecified atom stereocenters. The van der Waals surface area contributed by atoms with E-state index in [0.29, 0.717) is 5.75 Å². The van der Waals surface area contributed by atoms with E-state index >= 15 is 0 Å². The molecule has 2 aliphatic rings. The molecule has 2 N–H and O–H groups in total. The molecule has 1 saturated heterocycles. The van der Waals surface area contributed by atoms with Crippen LogP contribution in [0.1, 0.15) is 31.2 Å². The lowest BCUT2D eigenvalue weighted by Crippen LogP contribution is -2.47. The monoisotopic (exact) mass is 354 g/mol. The van der Waals surface area contributed by atoms with Gasteiger partial charge in [0, 0.05) is 44.6 Å². The van der Waals surface area contributed by atoms with E-state index in [9.17, 15) is 9.90 Å². The van der Waals surface area contributed by atoms with Crippen LogP contribution in [0.3, 0.4) is 0 Å². The first kappa shape index (κ1) is 17.1. The van der Waals surface area contributed by atoms with Gasteiger partial charge in [-0.25, -0.2) is 4.98 Å². The fourth-order valence-electron chi connectivity index (χ4n) is 3.82. The number of piperidine rings is 1. The molecular formula is C20H26N4O2. The average molecular weight is 354 g/mol. The summed E-state index contributed by atoms with van der Waals surface area (Å²) in [6.45, 7) is 3.51. The number of benzene rings is 1. The summed E-state index contributed by atoms with van der Waals surface area (Å²) in [5, 5.41) is 12.9. The van der Waals surface area contributed by atoms with Crippen molar-refractivity contribution in [2.45, 2.75) is 44.8 Å². The molecule has 1 amide bonds. The first-order valence-corrected chi connectivity index (χ1v) is 9.40. The highest BCUT2D eigenvalue weighted by Crippen LogP contribution is 2.47. The van der Waals surface area contributed by atoms with E-state index in [1.54, 1.807) is 18.6 Å². The van der Waals surface area contributed by atoms with E-state index in [2.05, 4.69) is 15.2 Å². The van der Waals surface area contributed by atoms with Crippen LogP contribution in [0.5, 0.6) is 5.75 Å². The minimum atomic E-state index is -0.223. The Bertz CT molecular complexity index is 747. The molecule has 1 saturated carbocycles. The molecular weight excluding hydrogens is 328 g/mol. The van der Waals surface area contributed by atoms with Gasteiger partial charge in [-0.3, -0.25) is 9.69 Å². The van der Waals surface area contributed by atoms with Crippen LogP contribution >= 0.6 is 0 Å². The fourth-order valence-corrected chi connectivity index (χ4v) is 3.82. The second-order valence-electron chi connectivity index (χ2n) is 7.71. The highest BCUT2D eigenvalue weighted by Gasteiger charge is 2.50. The minimum Gasteiger partial charge on any atom is -0.508 e. The third kappa shape index (κ3) is 3.90. The summed E-state index contributed by atoms with van der Waals surface area (Å²) in [5.41, 5.74) is 0.907. The standard InChI is InChI=1S/C20H26N4O2/c25-18-3-1-2-16(12-18)13-23-9-4-17(5-10-23)22-19(26)20(6-7-20)14-24-11-8-21-15-24/h1-3,8,11-12,15,17,25H,4-7,9-10,13-14H2,(H,22,26). The Balaban J connectivity index is 1.25. The van der Waals surface area contributed by atoms with Crippen molar-refractivity contribution in [2.75, 3.05) is 13.1 Å². The van der Waals surface area contributed by atoms with Gasteiger partial charge in [-0.05, 0) is 43.4 Å². The Morgan fingerprint density at radius 1 is 1.31 bits per heavy atom. The SMILES string of the molecule is O=C(NC1CCN(Cc2cccc(O)c2)CC1)C1(Cn2ccnc2)CC1. The minimum absolute atomic E-state index is 0.206. The summed E-state index contributed by atoms with van der Waals surface area (Å²) >= 11 is 0. The summed E-state index contributed by atoms with van der Waals surface area (Å²) in [7, 11) is 0. The molecule has 26 heavy (non-hydrogen) atoms. The van der Waals surface area contributed by atoms with Crippen molar-refractivity contribution < 1.29 is 9.90 Å². The van der Waals surface area contributed by atoms with Gasteiger partial charge in [0.15, 0.2) is 0 Å². The van der Waals surface area contributed by atoms with Gasteiger partial charge in [-0.15, -0.1) is 0 Å². The number of nitrogens with one attached hydrogen (secondary N) is 1.